The Hall–Kier alpha value is -1.75. The lowest BCUT2D eigenvalue weighted by Crippen LogP contribution is -2.39. The highest BCUT2D eigenvalue weighted by Gasteiger charge is 2.28. The van der Waals surface area contributed by atoms with Crippen LogP contribution in [-0.4, -0.2) is 33.9 Å². The van der Waals surface area contributed by atoms with E-state index in [0.717, 1.165) is 37.9 Å². The summed E-state index contributed by atoms with van der Waals surface area (Å²) in [6.45, 7) is 1.71. The molecule has 0 N–H and O–H groups in total. The largest absolute Gasteiger partial charge is 0.342 e. The molecule has 4 nitrogen and oxygen atoms in total. The van der Waals surface area contributed by atoms with Crippen molar-refractivity contribution in [1.82, 2.24) is 14.9 Å². The van der Waals surface area contributed by atoms with Crippen LogP contribution in [0.25, 0.3) is 0 Å². The number of carbonyl (C=O) groups is 1. The molecule has 4 rings (SSSR count). The lowest BCUT2D eigenvalue weighted by molar-refractivity contribution is -0.131. The summed E-state index contributed by atoms with van der Waals surface area (Å²) in [5.41, 5.74) is 2.38. The molecule has 0 saturated carbocycles. The van der Waals surface area contributed by atoms with Gasteiger partial charge in [0.2, 0.25) is 5.91 Å². The lowest BCUT2D eigenvalue weighted by atomic mass is 9.97. The Kier molecular flexibility index (Phi) is 4.60. The minimum absolute atomic E-state index is 0.229. The van der Waals surface area contributed by atoms with Gasteiger partial charge in [-0.2, -0.15) is 0 Å². The number of nitrogens with zero attached hydrogens (tertiary/aromatic N) is 3. The molecule has 0 spiro atoms. The second kappa shape index (κ2) is 7.01. The van der Waals surface area contributed by atoms with Crippen molar-refractivity contribution in [3.05, 3.63) is 45.7 Å². The maximum atomic E-state index is 12.6. The highest BCUT2D eigenvalue weighted by molar-refractivity contribution is 7.11. The van der Waals surface area contributed by atoms with Crippen molar-refractivity contribution in [2.75, 3.05) is 13.1 Å². The van der Waals surface area contributed by atoms with E-state index in [4.69, 9.17) is 4.98 Å². The number of aromatic nitrogens is 2. The van der Waals surface area contributed by atoms with Crippen LogP contribution in [0.15, 0.2) is 24.5 Å². The zero-order valence-corrected chi connectivity index (χ0v) is 14.7. The fourth-order valence-electron chi connectivity index (χ4n) is 3.74. The number of fused-ring (bicyclic) bond motifs is 1. The Bertz CT molecular complexity index is 689. The quantitative estimate of drug-likeness (QED) is 0.860. The van der Waals surface area contributed by atoms with E-state index in [1.165, 1.54) is 34.8 Å². The fourth-order valence-corrected chi connectivity index (χ4v) is 5.02. The van der Waals surface area contributed by atoms with E-state index >= 15 is 0 Å². The van der Waals surface area contributed by atoms with Gasteiger partial charge in [-0.1, -0.05) is 0 Å². The summed E-state index contributed by atoms with van der Waals surface area (Å²) in [6.07, 6.45) is 11.1. The topological polar surface area (TPSA) is 46.1 Å². The fraction of sp³-hybridized carbons (Fsp3) is 0.526. The van der Waals surface area contributed by atoms with Crippen molar-refractivity contribution >= 4 is 17.2 Å². The monoisotopic (exact) mass is 341 g/mol. The van der Waals surface area contributed by atoms with E-state index in [1.54, 1.807) is 12.4 Å². The normalized spacial score (nSPS) is 20.7. The predicted octanol–water partition coefficient (Wildman–Crippen LogP) is 3.37. The molecule has 0 unspecified atom stereocenters. The van der Waals surface area contributed by atoms with Gasteiger partial charge in [0.15, 0.2) is 0 Å². The van der Waals surface area contributed by atoms with Crippen molar-refractivity contribution in [1.29, 1.82) is 0 Å². The number of likely N-dealkylation sites (tertiary alicyclic amines) is 1. The van der Waals surface area contributed by atoms with Gasteiger partial charge in [-0.25, -0.2) is 4.98 Å². The molecule has 2 aromatic rings. The second-order valence-corrected chi connectivity index (χ2v) is 7.96. The SMILES string of the molecule is O=C(Cc1ccncc1)N1CCC[C@H](c2nc3c(s2)CCCC3)C1. The van der Waals surface area contributed by atoms with E-state index in [1.807, 2.05) is 28.4 Å². The van der Waals surface area contributed by atoms with Crippen molar-refractivity contribution in [3.63, 3.8) is 0 Å². The summed E-state index contributed by atoms with van der Waals surface area (Å²) in [7, 11) is 0. The first kappa shape index (κ1) is 15.8. The zero-order chi connectivity index (χ0) is 16.4. The van der Waals surface area contributed by atoms with Gasteiger partial charge >= 0.3 is 0 Å². The van der Waals surface area contributed by atoms with Crippen LogP contribution in [0, 0.1) is 0 Å². The molecule has 1 aliphatic carbocycles. The van der Waals surface area contributed by atoms with E-state index in [-0.39, 0.29) is 5.91 Å². The summed E-state index contributed by atoms with van der Waals surface area (Å²) in [5.74, 6) is 0.656. The number of pyridine rings is 1. The molecular formula is C19H23N3OS. The first-order chi connectivity index (χ1) is 11.8. The van der Waals surface area contributed by atoms with Crippen LogP contribution in [0.1, 0.15) is 52.7 Å². The summed E-state index contributed by atoms with van der Waals surface area (Å²) in [6, 6.07) is 3.85. The standard InChI is InChI=1S/C19H23N3OS/c23-18(12-14-7-9-20-10-8-14)22-11-3-4-15(13-22)19-21-16-5-1-2-6-17(16)24-19/h7-10,15H,1-6,11-13H2/t15-/m0/s1. The summed E-state index contributed by atoms with van der Waals surface area (Å²) < 4.78 is 0. The van der Waals surface area contributed by atoms with Gasteiger partial charge in [-0.3, -0.25) is 9.78 Å². The molecule has 126 valence electrons. The van der Waals surface area contributed by atoms with Crippen LogP contribution in [0.2, 0.25) is 0 Å². The highest BCUT2D eigenvalue weighted by Crippen LogP contribution is 2.34. The third-order valence-corrected chi connectivity index (χ3v) is 6.41. The number of hydrogen-bond donors (Lipinski definition) is 0. The molecule has 1 atom stereocenters. The molecular weight excluding hydrogens is 318 g/mol. The number of carbonyl (C=O) groups excluding carboxylic acids is 1. The van der Waals surface area contributed by atoms with Crippen LogP contribution in [-0.2, 0) is 24.1 Å². The lowest BCUT2D eigenvalue weighted by Gasteiger charge is -2.32. The molecule has 2 aliphatic rings. The van der Waals surface area contributed by atoms with E-state index < -0.39 is 0 Å². The van der Waals surface area contributed by atoms with Crippen LogP contribution in [0.4, 0.5) is 0 Å². The Morgan fingerprint density at radius 3 is 2.88 bits per heavy atom. The van der Waals surface area contributed by atoms with Crippen LogP contribution in [0.3, 0.4) is 0 Å². The number of piperidine rings is 1. The third-order valence-electron chi connectivity index (χ3n) is 5.09. The number of rotatable bonds is 3. The minimum atomic E-state index is 0.229. The van der Waals surface area contributed by atoms with E-state index in [9.17, 15) is 4.79 Å². The van der Waals surface area contributed by atoms with Crippen LogP contribution >= 0.6 is 11.3 Å². The van der Waals surface area contributed by atoms with Gasteiger partial charge < -0.3 is 4.90 Å². The number of thiazole rings is 1. The van der Waals surface area contributed by atoms with Gasteiger partial charge in [0.25, 0.3) is 0 Å². The Morgan fingerprint density at radius 2 is 2.04 bits per heavy atom. The van der Waals surface area contributed by atoms with Gasteiger partial charge in [0.1, 0.15) is 0 Å². The third kappa shape index (κ3) is 3.36. The maximum absolute atomic E-state index is 12.6. The molecule has 1 amide bonds. The van der Waals surface area contributed by atoms with Crippen molar-refractivity contribution < 1.29 is 4.79 Å². The Labute approximate surface area is 146 Å². The van der Waals surface area contributed by atoms with Crippen LogP contribution < -0.4 is 0 Å². The Balaban J connectivity index is 1.43. The first-order valence-electron chi connectivity index (χ1n) is 8.95. The van der Waals surface area contributed by atoms with Crippen molar-refractivity contribution in [2.45, 2.75) is 50.9 Å². The van der Waals surface area contributed by atoms with Gasteiger partial charge in [-0.05, 0) is 56.2 Å². The molecule has 2 aromatic heterocycles. The smallest absolute Gasteiger partial charge is 0.227 e. The zero-order valence-electron chi connectivity index (χ0n) is 13.9. The molecule has 0 aromatic carbocycles. The van der Waals surface area contributed by atoms with Crippen molar-refractivity contribution in [3.8, 4) is 0 Å². The summed E-state index contributed by atoms with van der Waals surface area (Å²) >= 11 is 1.90. The summed E-state index contributed by atoms with van der Waals surface area (Å²) in [4.78, 5) is 25.1. The second-order valence-electron chi connectivity index (χ2n) is 6.84. The first-order valence-corrected chi connectivity index (χ1v) is 9.76. The Morgan fingerprint density at radius 1 is 1.21 bits per heavy atom. The van der Waals surface area contributed by atoms with Gasteiger partial charge in [0, 0.05) is 36.3 Å². The maximum Gasteiger partial charge on any atom is 0.227 e. The molecule has 5 heteroatoms. The van der Waals surface area contributed by atoms with Gasteiger partial charge in [-0.15, -0.1) is 11.3 Å². The highest BCUT2D eigenvalue weighted by atomic mass is 32.1. The number of aryl methyl sites for hydroxylation is 2. The molecule has 1 aliphatic heterocycles. The van der Waals surface area contributed by atoms with E-state index in [0.29, 0.717) is 12.3 Å². The minimum Gasteiger partial charge on any atom is -0.342 e. The molecule has 3 heterocycles. The average molecular weight is 341 g/mol. The molecule has 1 saturated heterocycles. The van der Waals surface area contributed by atoms with E-state index in [2.05, 4.69) is 4.98 Å². The molecule has 0 bridgehead atoms. The average Bonchev–Trinajstić information content (AvgIpc) is 3.07. The predicted molar refractivity (Wildman–Crippen MR) is 95.3 cm³/mol. The number of hydrogen-bond acceptors (Lipinski definition) is 4. The van der Waals surface area contributed by atoms with Crippen LogP contribution in [0.5, 0.6) is 0 Å². The molecule has 0 radical (unpaired) electrons. The molecule has 24 heavy (non-hydrogen) atoms. The van der Waals surface area contributed by atoms with Crippen molar-refractivity contribution in [2.24, 2.45) is 0 Å². The van der Waals surface area contributed by atoms with Gasteiger partial charge in [0.05, 0.1) is 17.1 Å². The number of amides is 1. The molecule has 1 fully saturated rings. The summed E-state index contributed by atoms with van der Waals surface area (Å²) in [5, 5.41) is 1.27.